The molecular formula is C12H13ClO4. The number of hydrogen-bond donors (Lipinski definition) is 2. The van der Waals surface area contributed by atoms with Crippen LogP contribution in [0.15, 0.2) is 18.2 Å². The van der Waals surface area contributed by atoms with Gasteiger partial charge in [0.2, 0.25) is 0 Å². The standard InChI is InChI=1S/C12H13ClO4/c13-3-1-2-8-4-9(7-14)6-10(5-8)11(15)12(16)17/h4-7,11,15H,1-3H2,(H,16,17). The zero-order chi connectivity index (χ0) is 12.8. The summed E-state index contributed by atoms with van der Waals surface area (Å²) in [5.74, 6) is -0.848. The van der Waals surface area contributed by atoms with Gasteiger partial charge in [-0.3, -0.25) is 4.79 Å². The fourth-order valence-electron chi connectivity index (χ4n) is 1.53. The molecule has 2 N–H and O–H groups in total. The molecule has 1 aromatic rings. The number of carboxylic acid groups (broad SMARTS) is 1. The van der Waals surface area contributed by atoms with Crippen molar-refractivity contribution < 1.29 is 19.8 Å². The second kappa shape index (κ2) is 6.37. The Morgan fingerprint density at radius 1 is 1.41 bits per heavy atom. The van der Waals surface area contributed by atoms with Crippen molar-refractivity contribution in [1.82, 2.24) is 0 Å². The number of aldehydes is 1. The van der Waals surface area contributed by atoms with E-state index in [2.05, 4.69) is 0 Å². The Morgan fingerprint density at radius 2 is 2.12 bits per heavy atom. The lowest BCUT2D eigenvalue weighted by Crippen LogP contribution is -2.11. The van der Waals surface area contributed by atoms with Crippen LogP contribution < -0.4 is 0 Å². The van der Waals surface area contributed by atoms with E-state index in [-0.39, 0.29) is 5.56 Å². The zero-order valence-electron chi connectivity index (χ0n) is 9.10. The number of carboxylic acids is 1. The largest absolute Gasteiger partial charge is 0.479 e. The molecule has 0 aliphatic carbocycles. The van der Waals surface area contributed by atoms with E-state index in [1.54, 1.807) is 12.1 Å². The lowest BCUT2D eigenvalue weighted by Gasteiger charge is -2.09. The first-order valence-corrected chi connectivity index (χ1v) is 5.68. The van der Waals surface area contributed by atoms with Gasteiger partial charge in [-0.05, 0) is 36.1 Å². The Kier molecular flexibility index (Phi) is 5.12. The van der Waals surface area contributed by atoms with E-state index >= 15 is 0 Å². The highest BCUT2D eigenvalue weighted by Gasteiger charge is 2.17. The van der Waals surface area contributed by atoms with Crippen LogP contribution in [0.5, 0.6) is 0 Å². The Bertz CT molecular complexity index is 417. The van der Waals surface area contributed by atoms with Crippen molar-refractivity contribution in [3.63, 3.8) is 0 Å². The molecule has 0 radical (unpaired) electrons. The molecule has 1 rings (SSSR count). The Hall–Kier alpha value is -1.39. The van der Waals surface area contributed by atoms with Crippen LogP contribution >= 0.6 is 11.6 Å². The van der Waals surface area contributed by atoms with Gasteiger partial charge in [0, 0.05) is 11.4 Å². The molecule has 1 aromatic carbocycles. The number of aliphatic hydroxyl groups excluding tert-OH is 1. The number of carbonyl (C=O) groups is 2. The number of rotatable bonds is 6. The van der Waals surface area contributed by atoms with Gasteiger partial charge in [-0.25, -0.2) is 4.79 Å². The van der Waals surface area contributed by atoms with E-state index in [0.29, 0.717) is 24.2 Å². The number of aryl methyl sites for hydroxylation is 1. The van der Waals surface area contributed by atoms with Crippen molar-refractivity contribution in [2.24, 2.45) is 0 Å². The first-order valence-electron chi connectivity index (χ1n) is 5.14. The first kappa shape index (κ1) is 13.7. The number of alkyl halides is 1. The van der Waals surface area contributed by atoms with Crippen LogP contribution in [-0.4, -0.2) is 28.3 Å². The zero-order valence-corrected chi connectivity index (χ0v) is 9.85. The van der Waals surface area contributed by atoms with Crippen molar-refractivity contribution in [1.29, 1.82) is 0 Å². The van der Waals surface area contributed by atoms with Crippen LogP contribution in [0.25, 0.3) is 0 Å². The lowest BCUT2D eigenvalue weighted by atomic mass is 10.00. The molecule has 17 heavy (non-hydrogen) atoms. The average molecular weight is 257 g/mol. The highest BCUT2D eigenvalue weighted by molar-refractivity contribution is 6.17. The molecule has 0 saturated carbocycles. The summed E-state index contributed by atoms with van der Waals surface area (Å²) in [5, 5.41) is 18.1. The molecule has 1 atom stereocenters. The number of hydrogen-bond acceptors (Lipinski definition) is 3. The van der Waals surface area contributed by atoms with Crippen LogP contribution in [0.3, 0.4) is 0 Å². The van der Waals surface area contributed by atoms with Crippen LogP contribution in [0.2, 0.25) is 0 Å². The second-order valence-electron chi connectivity index (χ2n) is 3.66. The number of carbonyl (C=O) groups excluding carboxylic acids is 1. The monoisotopic (exact) mass is 256 g/mol. The molecule has 0 fully saturated rings. The molecule has 5 heteroatoms. The molecular weight excluding hydrogens is 244 g/mol. The Labute approximate surface area is 104 Å². The molecule has 0 aromatic heterocycles. The maximum atomic E-state index is 10.7. The second-order valence-corrected chi connectivity index (χ2v) is 4.04. The summed E-state index contributed by atoms with van der Waals surface area (Å²) < 4.78 is 0. The highest BCUT2D eigenvalue weighted by Crippen LogP contribution is 2.18. The smallest absolute Gasteiger partial charge is 0.337 e. The molecule has 0 aliphatic heterocycles. The number of aliphatic carboxylic acids is 1. The summed E-state index contributed by atoms with van der Waals surface area (Å²) in [6.07, 6.45) is 0.392. The van der Waals surface area contributed by atoms with Gasteiger partial charge in [0.25, 0.3) is 0 Å². The van der Waals surface area contributed by atoms with Gasteiger partial charge in [0.15, 0.2) is 6.10 Å². The van der Waals surface area contributed by atoms with Gasteiger partial charge in [-0.1, -0.05) is 6.07 Å². The van der Waals surface area contributed by atoms with E-state index in [4.69, 9.17) is 16.7 Å². The van der Waals surface area contributed by atoms with Crippen molar-refractivity contribution in [3.05, 3.63) is 34.9 Å². The summed E-state index contributed by atoms with van der Waals surface area (Å²) in [6.45, 7) is 0. The Morgan fingerprint density at radius 3 is 2.65 bits per heavy atom. The fraction of sp³-hybridized carbons (Fsp3) is 0.333. The number of benzene rings is 1. The normalized spacial score (nSPS) is 12.1. The number of aliphatic hydroxyl groups is 1. The van der Waals surface area contributed by atoms with Crippen LogP contribution in [0, 0.1) is 0 Å². The molecule has 0 saturated heterocycles. The molecule has 1 unspecified atom stereocenters. The molecule has 0 spiro atoms. The lowest BCUT2D eigenvalue weighted by molar-refractivity contribution is -0.146. The summed E-state index contributed by atoms with van der Waals surface area (Å²) in [4.78, 5) is 21.4. The van der Waals surface area contributed by atoms with Gasteiger partial charge in [0.05, 0.1) is 0 Å². The van der Waals surface area contributed by atoms with Crippen molar-refractivity contribution in [3.8, 4) is 0 Å². The molecule has 4 nitrogen and oxygen atoms in total. The third-order valence-corrected chi connectivity index (χ3v) is 2.59. The SMILES string of the molecule is O=Cc1cc(CCCCl)cc(C(O)C(=O)O)c1. The van der Waals surface area contributed by atoms with E-state index in [1.807, 2.05) is 0 Å². The quantitative estimate of drug-likeness (QED) is 0.601. The average Bonchev–Trinajstić information content (AvgIpc) is 2.34. The van der Waals surface area contributed by atoms with Gasteiger partial charge in [0.1, 0.15) is 6.29 Å². The van der Waals surface area contributed by atoms with Crippen LogP contribution in [-0.2, 0) is 11.2 Å². The number of halogens is 1. The fourth-order valence-corrected chi connectivity index (χ4v) is 1.66. The minimum atomic E-state index is -1.61. The molecule has 0 heterocycles. The third kappa shape index (κ3) is 3.84. The van der Waals surface area contributed by atoms with Gasteiger partial charge >= 0.3 is 5.97 Å². The summed E-state index contributed by atoms with van der Waals surface area (Å²) in [5.41, 5.74) is 1.37. The van der Waals surface area contributed by atoms with Crippen molar-refractivity contribution >= 4 is 23.9 Å². The topological polar surface area (TPSA) is 74.6 Å². The predicted molar refractivity (Wildman–Crippen MR) is 63.5 cm³/mol. The predicted octanol–water partition coefficient (Wildman–Crippen LogP) is 1.79. The summed E-state index contributed by atoms with van der Waals surface area (Å²) in [6, 6.07) is 4.62. The van der Waals surface area contributed by atoms with Crippen LogP contribution in [0.1, 0.15) is 34.0 Å². The van der Waals surface area contributed by atoms with E-state index < -0.39 is 12.1 Å². The molecule has 92 valence electrons. The van der Waals surface area contributed by atoms with Crippen molar-refractivity contribution in [2.45, 2.75) is 18.9 Å². The van der Waals surface area contributed by atoms with Gasteiger partial charge in [-0.2, -0.15) is 0 Å². The molecule has 0 aliphatic rings. The van der Waals surface area contributed by atoms with E-state index in [1.165, 1.54) is 6.07 Å². The summed E-state index contributed by atoms with van der Waals surface area (Å²) >= 11 is 5.56. The van der Waals surface area contributed by atoms with E-state index in [9.17, 15) is 14.7 Å². The summed E-state index contributed by atoms with van der Waals surface area (Å²) in [7, 11) is 0. The maximum absolute atomic E-state index is 10.7. The van der Waals surface area contributed by atoms with Crippen molar-refractivity contribution in [2.75, 3.05) is 5.88 Å². The molecule has 0 bridgehead atoms. The minimum absolute atomic E-state index is 0.215. The third-order valence-electron chi connectivity index (χ3n) is 2.32. The molecule has 0 amide bonds. The minimum Gasteiger partial charge on any atom is -0.479 e. The highest BCUT2D eigenvalue weighted by atomic mass is 35.5. The van der Waals surface area contributed by atoms with Gasteiger partial charge in [-0.15, -0.1) is 11.6 Å². The first-order chi connectivity index (χ1) is 8.08. The van der Waals surface area contributed by atoms with Gasteiger partial charge < -0.3 is 10.2 Å². The van der Waals surface area contributed by atoms with E-state index in [0.717, 1.165) is 12.0 Å². The maximum Gasteiger partial charge on any atom is 0.337 e. The Balaban J connectivity index is 3.04. The van der Waals surface area contributed by atoms with Crippen LogP contribution in [0.4, 0.5) is 0 Å².